The number of benzene rings is 2. The maximum atomic E-state index is 12.7. The number of likely N-dealkylation sites (N-methyl/N-ethyl adjacent to an activating group) is 1. The number of thioether (sulfide) groups is 1. The maximum absolute atomic E-state index is 12.7. The monoisotopic (exact) mass is 425 g/mol. The number of fused-ring (bicyclic) bond motifs is 2. The van der Waals surface area contributed by atoms with Gasteiger partial charge in [0.1, 0.15) is 0 Å². The molecule has 2 aromatic carbocycles. The molecule has 148 valence electrons. The minimum absolute atomic E-state index is 0.0166. The average molecular weight is 426 g/mol. The molecule has 0 bridgehead atoms. The highest BCUT2D eigenvalue weighted by molar-refractivity contribution is 8.01. The average Bonchev–Trinajstić information content (AvgIpc) is 3.19. The van der Waals surface area contributed by atoms with Crippen LogP contribution in [0.15, 0.2) is 58.6 Å². The van der Waals surface area contributed by atoms with Crippen molar-refractivity contribution in [3.63, 3.8) is 0 Å². The number of thiazole rings is 1. The fourth-order valence-electron chi connectivity index (χ4n) is 3.65. The predicted octanol–water partition coefficient (Wildman–Crippen LogP) is 5.18. The third-order valence-electron chi connectivity index (χ3n) is 5.14. The van der Waals surface area contributed by atoms with Crippen LogP contribution in [-0.4, -0.2) is 28.5 Å². The molecule has 0 aliphatic carbocycles. The third kappa shape index (κ3) is 3.54. The van der Waals surface area contributed by atoms with Crippen molar-refractivity contribution in [2.24, 2.45) is 0 Å². The molecule has 29 heavy (non-hydrogen) atoms. The largest absolute Gasteiger partial charge is 0.347 e. The second kappa shape index (κ2) is 7.27. The molecule has 6 nitrogen and oxygen atoms in total. The van der Waals surface area contributed by atoms with E-state index in [1.54, 1.807) is 12.1 Å². The van der Waals surface area contributed by atoms with Crippen LogP contribution in [0, 0.1) is 10.1 Å². The molecule has 0 amide bonds. The fourth-order valence-corrected chi connectivity index (χ4v) is 5.58. The van der Waals surface area contributed by atoms with Gasteiger partial charge in [0.05, 0.1) is 20.9 Å². The Morgan fingerprint density at radius 1 is 1.31 bits per heavy atom. The Balaban J connectivity index is 1.51. The van der Waals surface area contributed by atoms with E-state index in [-0.39, 0.29) is 22.6 Å². The van der Waals surface area contributed by atoms with E-state index in [0.717, 1.165) is 20.4 Å². The summed E-state index contributed by atoms with van der Waals surface area (Å²) < 4.78 is 1.48. The van der Waals surface area contributed by atoms with Gasteiger partial charge in [0.25, 0.3) is 5.69 Å². The number of carbonyl (C=O) groups is 1. The zero-order valence-corrected chi connectivity index (χ0v) is 17.8. The zero-order valence-electron chi connectivity index (χ0n) is 16.2. The Kier molecular flexibility index (Phi) is 4.92. The van der Waals surface area contributed by atoms with Crippen molar-refractivity contribution in [3.05, 3.63) is 69.9 Å². The van der Waals surface area contributed by atoms with Crippen LogP contribution in [0.3, 0.4) is 0 Å². The van der Waals surface area contributed by atoms with Gasteiger partial charge in [0.15, 0.2) is 10.1 Å². The number of non-ortho nitro benzene ring substituents is 1. The predicted molar refractivity (Wildman–Crippen MR) is 118 cm³/mol. The lowest BCUT2D eigenvalue weighted by Crippen LogP contribution is -2.24. The molecule has 3 aromatic rings. The minimum Gasteiger partial charge on any atom is -0.347 e. The topological polar surface area (TPSA) is 76.3 Å². The molecule has 0 N–H and O–H groups in total. The summed E-state index contributed by atoms with van der Waals surface area (Å²) in [5.74, 6) is 0.286. The van der Waals surface area contributed by atoms with Crippen LogP contribution >= 0.6 is 23.1 Å². The number of carbonyl (C=O) groups excluding carboxylic acids is 1. The summed E-state index contributed by atoms with van der Waals surface area (Å²) in [5.41, 5.74) is 3.83. The number of hydrogen-bond donors (Lipinski definition) is 0. The lowest BCUT2D eigenvalue weighted by Gasteiger charge is -2.23. The first kappa shape index (κ1) is 19.6. The number of hydrogen-bond acceptors (Lipinski definition) is 7. The molecule has 0 radical (unpaired) electrons. The standard InChI is InChI=1S/C21H19N3O3S2/c1-21(2)15-6-4-5-7-17(15)23(3)19(21)11-14(25)12-28-20-22-16-9-8-13(24(26)27)10-18(16)29-20/h4-11H,12H2,1-3H3. The molecule has 0 spiro atoms. The first-order chi connectivity index (χ1) is 13.8. The number of allylic oxidation sites excluding steroid dienone is 2. The Morgan fingerprint density at radius 3 is 2.79 bits per heavy atom. The molecule has 2 heterocycles. The minimum atomic E-state index is -0.417. The molecule has 0 unspecified atom stereocenters. The van der Waals surface area contributed by atoms with Crippen LogP contribution in [-0.2, 0) is 10.2 Å². The van der Waals surface area contributed by atoms with Gasteiger partial charge in [-0.05, 0) is 17.7 Å². The van der Waals surface area contributed by atoms with Gasteiger partial charge in [0, 0.05) is 42.1 Å². The van der Waals surface area contributed by atoms with E-state index in [1.807, 2.05) is 19.2 Å². The molecule has 1 aliphatic heterocycles. The van der Waals surface area contributed by atoms with E-state index < -0.39 is 4.92 Å². The van der Waals surface area contributed by atoms with Crippen molar-refractivity contribution < 1.29 is 9.72 Å². The number of anilines is 1. The Labute approximate surface area is 176 Å². The molecule has 0 fully saturated rings. The van der Waals surface area contributed by atoms with E-state index in [1.165, 1.54) is 40.8 Å². The fraction of sp³-hybridized carbons (Fsp3) is 0.238. The zero-order chi connectivity index (χ0) is 20.8. The number of para-hydroxylation sites is 1. The van der Waals surface area contributed by atoms with E-state index >= 15 is 0 Å². The van der Waals surface area contributed by atoms with Crippen LogP contribution in [0.2, 0.25) is 0 Å². The molecule has 1 aliphatic rings. The first-order valence-corrected chi connectivity index (χ1v) is 10.8. The summed E-state index contributed by atoms with van der Waals surface area (Å²) in [4.78, 5) is 29.7. The van der Waals surface area contributed by atoms with Crippen LogP contribution in [0.25, 0.3) is 10.2 Å². The Morgan fingerprint density at radius 2 is 2.07 bits per heavy atom. The summed E-state index contributed by atoms with van der Waals surface area (Å²) in [5, 5.41) is 10.9. The molecule has 1 aromatic heterocycles. The second-order valence-corrected chi connectivity index (χ2v) is 9.63. The van der Waals surface area contributed by atoms with Gasteiger partial charge >= 0.3 is 0 Å². The van der Waals surface area contributed by atoms with Crippen molar-refractivity contribution >= 4 is 50.5 Å². The normalized spacial score (nSPS) is 16.4. The van der Waals surface area contributed by atoms with Crippen LogP contribution in [0.5, 0.6) is 0 Å². The molecular weight excluding hydrogens is 406 g/mol. The highest BCUT2D eigenvalue weighted by atomic mass is 32.2. The number of rotatable bonds is 5. The highest BCUT2D eigenvalue weighted by Crippen LogP contribution is 2.46. The maximum Gasteiger partial charge on any atom is 0.270 e. The van der Waals surface area contributed by atoms with Crippen LogP contribution in [0.1, 0.15) is 19.4 Å². The number of nitro groups is 1. The Bertz CT molecular complexity index is 1170. The third-order valence-corrected chi connectivity index (χ3v) is 7.32. The van der Waals surface area contributed by atoms with Crippen molar-refractivity contribution in [1.82, 2.24) is 4.98 Å². The SMILES string of the molecule is CN1C(=CC(=O)CSc2nc3ccc([N+](=O)[O-])cc3s2)C(C)(C)c2ccccc21. The lowest BCUT2D eigenvalue weighted by atomic mass is 9.83. The van der Waals surface area contributed by atoms with E-state index in [0.29, 0.717) is 5.52 Å². The second-order valence-electron chi connectivity index (χ2n) is 7.37. The smallest absolute Gasteiger partial charge is 0.270 e. The number of ketones is 1. The van der Waals surface area contributed by atoms with Gasteiger partial charge in [-0.2, -0.15) is 0 Å². The quantitative estimate of drug-likeness (QED) is 0.243. The van der Waals surface area contributed by atoms with Gasteiger partial charge in [-0.1, -0.05) is 43.8 Å². The van der Waals surface area contributed by atoms with Crippen LogP contribution in [0.4, 0.5) is 11.4 Å². The lowest BCUT2D eigenvalue weighted by molar-refractivity contribution is -0.384. The van der Waals surface area contributed by atoms with Gasteiger partial charge in [-0.15, -0.1) is 11.3 Å². The Hall–Kier alpha value is -2.71. The number of nitrogens with zero attached hydrogens (tertiary/aromatic N) is 3. The van der Waals surface area contributed by atoms with Gasteiger partial charge in [-0.25, -0.2) is 4.98 Å². The molecule has 4 rings (SSSR count). The summed E-state index contributed by atoms with van der Waals surface area (Å²) in [6.07, 6.45) is 1.73. The molecule has 0 saturated heterocycles. The summed E-state index contributed by atoms with van der Waals surface area (Å²) in [6, 6.07) is 12.8. The summed E-state index contributed by atoms with van der Waals surface area (Å²) >= 11 is 2.73. The van der Waals surface area contributed by atoms with E-state index in [2.05, 4.69) is 35.9 Å². The molecule has 0 saturated carbocycles. The van der Waals surface area contributed by atoms with E-state index in [9.17, 15) is 14.9 Å². The van der Waals surface area contributed by atoms with Crippen molar-refractivity contribution in [1.29, 1.82) is 0 Å². The summed E-state index contributed by atoms with van der Waals surface area (Å²) in [7, 11) is 1.99. The molecule has 0 atom stereocenters. The van der Waals surface area contributed by atoms with E-state index in [4.69, 9.17) is 0 Å². The summed E-state index contributed by atoms with van der Waals surface area (Å²) in [6.45, 7) is 4.25. The molecular formula is C21H19N3O3S2. The van der Waals surface area contributed by atoms with Crippen molar-refractivity contribution in [3.8, 4) is 0 Å². The van der Waals surface area contributed by atoms with Gasteiger partial charge in [0.2, 0.25) is 0 Å². The highest BCUT2D eigenvalue weighted by Gasteiger charge is 2.38. The first-order valence-electron chi connectivity index (χ1n) is 9.03. The van der Waals surface area contributed by atoms with Gasteiger partial charge in [-0.3, -0.25) is 14.9 Å². The van der Waals surface area contributed by atoms with Crippen LogP contribution < -0.4 is 4.90 Å². The number of aromatic nitrogens is 1. The van der Waals surface area contributed by atoms with Gasteiger partial charge < -0.3 is 4.90 Å². The number of nitro benzene ring substituents is 1. The van der Waals surface area contributed by atoms with Crippen molar-refractivity contribution in [2.75, 3.05) is 17.7 Å². The van der Waals surface area contributed by atoms with Crippen molar-refractivity contribution in [2.45, 2.75) is 23.6 Å². The molecule has 8 heteroatoms.